The fraction of sp³-hybridized carbons (Fsp3) is 0.375. The van der Waals surface area contributed by atoms with E-state index in [1.54, 1.807) is 13.2 Å². The highest BCUT2D eigenvalue weighted by molar-refractivity contribution is 5.60. The standard InChI is InChI=1S/C16H19N3O2/c1-11-8-19(14-7-5-4-6-13(11)14)10-12-9-17(2)16(21)18(3)15(12)20/h4-7,9,11H,8,10H2,1-3H3/t11-/m0/s1. The monoisotopic (exact) mass is 285 g/mol. The molecule has 21 heavy (non-hydrogen) atoms. The summed E-state index contributed by atoms with van der Waals surface area (Å²) in [7, 11) is 3.19. The van der Waals surface area contributed by atoms with E-state index >= 15 is 0 Å². The number of fused-ring (bicyclic) bond motifs is 1. The molecule has 0 saturated heterocycles. The van der Waals surface area contributed by atoms with E-state index in [2.05, 4.69) is 24.0 Å². The summed E-state index contributed by atoms with van der Waals surface area (Å²) in [5.41, 5.74) is 2.64. The second-order valence-corrected chi connectivity index (χ2v) is 5.75. The first kappa shape index (κ1) is 13.7. The average molecular weight is 285 g/mol. The molecule has 1 aliphatic rings. The first-order valence-electron chi connectivity index (χ1n) is 7.08. The van der Waals surface area contributed by atoms with Crippen molar-refractivity contribution in [2.24, 2.45) is 14.1 Å². The summed E-state index contributed by atoms with van der Waals surface area (Å²) in [6.45, 7) is 3.62. The van der Waals surface area contributed by atoms with Gasteiger partial charge in [-0.1, -0.05) is 25.1 Å². The number of aromatic nitrogens is 2. The summed E-state index contributed by atoms with van der Waals surface area (Å²) >= 11 is 0. The van der Waals surface area contributed by atoms with Gasteiger partial charge in [-0.2, -0.15) is 0 Å². The van der Waals surface area contributed by atoms with Gasteiger partial charge in [0.1, 0.15) is 0 Å². The van der Waals surface area contributed by atoms with E-state index < -0.39 is 0 Å². The van der Waals surface area contributed by atoms with Crippen molar-refractivity contribution in [1.29, 1.82) is 0 Å². The first-order chi connectivity index (χ1) is 9.99. The molecule has 3 rings (SSSR count). The van der Waals surface area contributed by atoms with Crippen molar-refractivity contribution < 1.29 is 0 Å². The molecule has 0 radical (unpaired) electrons. The minimum atomic E-state index is -0.293. The zero-order valence-corrected chi connectivity index (χ0v) is 12.5. The maximum Gasteiger partial charge on any atom is 0.330 e. The number of para-hydroxylation sites is 1. The van der Waals surface area contributed by atoms with Gasteiger partial charge in [-0.25, -0.2) is 4.79 Å². The second kappa shape index (κ2) is 4.91. The molecule has 5 heteroatoms. The van der Waals surface area contributed by atoms with E-state index in [0.29, 0.717) is 18.0 Å². The smallest absolute Gasteiger partial charge is 0.330 e. The second-order valence-electron chi connectivity index (χ2n) is 5.75. The highest BCUT2D eigenvalue weighted by Crippen LogP contribution is 2.36. The molecule has 0 unspecified atom stereocenters. The van der Waals surface area contributed by atoms with E-state index in [1.807, 2.05) is 12.1 Å². The Labute approximate surface area is 123 Å². The van der Waals surface area contributed by atoms with Crippen LogP contribution < -0.4 is 16.1 Å². The number of rotatable bonds is 2. The predicted octanol–water partition coefficient (Wildman–Crippen LogP) is 1.21. The third-order valence-corrected chi connectivity index (χ3v) is 4.18. The van der Waals surface area contributed by atoms with E-state index in [-0.39, 0.29) is 11.2 Å². The zero-order chi connectivity index (χ0) is 15.1. The lowest BCUT2D eigenvalue weighted by molar-refractivity contribution is 0.656. The number of nitrogens with zero attached hydrogens (tertiary/aromatic N) is 3. The lowest BCUT2D eigenvalue weighted by atomic mass is 10.0. The van der Waals surface area contributed by atoms with Crippen molar-refractivity contribution in [2.75, 3.05) is 11.4 Å². The Morgan fingerprint density at radius 3 is 2.67 bits per heavy atom. The molecule has 5 nitrogen and oxygen atoms in total. The Morgan fingerprint density at radius 2 is 1.90 bits per heavy atom. The fourth-order valence-corrected chi connectivity index (χ4v) is 3.07. The summed E-state index contributed by atoms with van der Waals surface area (Å²) in [5.74, 6) is 0.456. The van der Waals surface area contributed by atoms with Gasteiger partial charge in [0.15, 0.2) is 0 Å². The molecule has 1 aliphatic heterocycles. The highest BCUT2D eigenvalue weighted by Gasteiger charge is 2.25. The van der Waals surface area contributed by atoms with Crippen LogP contribution in [0, 0.1) is 0 Å². The summed E-state index contributed by atoms with van der Waals surface area (Å²) in [6, 6.07) is 8.29. The van der Waals surface area contributed by atoms with Gasteiger partial charge in [0.25, 0.3) is 5.56 Å². The topological polar surface area (TPSA) is 47.2 Å². The molecule has 0 fully saturated rings. The first-order valence-corrected chi connectivity index (χ1v) is 7.08. The van der Waals surface area contributed by atoms with Crippen LogP contribution in [0.5, 0.6) is 0 Å². The van der Waals surface area contributed by atoms with Crippen LogP contribution in [-0.4, -0.2) is 15.7 Å². The Morgan fingerprint density at radius 1 is 1.19 bits per heavy atom. The maximum absolute atomic E-state index is 12.2. The Kier molecular flexibility index (Phi) is 3.20. The molecular weight excluding hydrogens is 266 g/mol. The number of benzene rings is 1. The van der Waals surface area contributed by atoms with E-state index in [4.69, 9.17) is 0 Å². The summed E-state index contributed by atoms with van der Waals surface area (Å²) in [5, 5.41) is 0. The third kappa shape index (κ3) is 2.18. The number of hydrogen-bond donors (Lipinski definition) is 0. The van der Waals surface area contributed by atoms with Crippen molar-refractivity contribution in [3.05, 3.63) is 62.4 Å². The zero-order valence-electron chi connectivity index (χ0n) is 12.5. The molecule has 1 atom stereocenters. The molecule has 0 saturated carbocycles. The minimum Gasteiger partial charge on any atom is -0.366 e. The lowest BCUT2D eigenvalue weighted by Crippen LogP contribution is -2.40. The highest BCUT2D eigenvalue weighted by atomic mass is 16.2. The predicted molar refractivity (Wildman–Crippen MR) is 82.8 cm³/mol. The molecular formula is C16H19N3O2. The number of aryl methyl sites for hydroxylation is 1. The molecule has 0 aliphatic carbocycles. The van der Waals surface area contributed by atoms with E-state index in [1.165, 1.54) is 27.4 Å². The van der Waals surface area contributed by atoms with Crippen molar-refractivity contribution in [2.45, 2.75) is 19.4 Å². The van der Waals surface area contributed by atoms with E-state index in [9.17, 15) is 9.59 Å². The molecule has 0 bridgehead atoms. The molecule has 1 aromatic carbocycles. The largest absolute Gasteiger partial charge is 0.366 e. The van der Waals surface area contributed by atoms with Crippen molar-refractivity contribution in [3.8, 4) is 0 Å². The molecule has 2 heterocycles. The van der Waals surface area contributed by atoms with Gasteiger partial charge in [0.05, 0.1) is 5.56 Å². The van der Waals surface area contributed by atoms with Crippen molar-refractivity contribution >= 4 is 5.69 Å². The van der Waals surface area contributed by atoms with Crippen LogP contribution in [0.2, 0.25) is 0 Å². The van der Waals surface area contributed by atoms with Crippen LogP contribution in [0.3, 0.4) is 0 Å². The minimum absolute atomic E-state index is 0.213. The van der Waals surface area contributed by atoms with Gasteiger partial charge in [0.2, 0.25) is 0 Å². The lowest BCUT2D eigenvalue weighted by Gasteiger charge is -2.20. The quantitative estimate of drug-likeness (QED) is 0.833. The van der Waals surface area contributed by atoms with Gasteiger partial charge in [-0.05, 0) is 11.6 Å². The van der Waals surface area contributed by atoms with Gasteiger partial charge in [-0.3, -0.25) is 9.36 Å². The maximum atomic E-state index is 12.2. The van der Waals surface area contributed by atoms with Gasteiger partial charge < -0.3 is 9.47 Å². The normalized spacial score (nSPS) is 17.1. The molecule has 0 spiro atoms. The van der Waals surface area contributed by atoms with Crippen LogP contribution in [0.25, 0.3) is 0 Å². The summed E-state index contributed by atoms with van der Waals surface area (Å²) < 4.78 is 2.63. The Hall–Kier alpha value is -2.30. The summed E-state index contributed by atoms with van der Waals surface area (Å²) in [4.78, 5) is 26.2. The van der Waals surface area contributed by atoms with Gasteiger partial charge in [-0.15, -0.1) is 0 Å². The van der Waals surface area contributed by atoms with Crippen LogP contribution >= 0.6 is 0 Å². The summed E-state index contributed by atoms with van der Waals surface area (Å²) in [6.07, 6.45) is 1.65. The molecule has 1 aromatic heterocycles. The Balaban J connectivity index is 2.00. The average Bonchev–Trinajstić information content (AvgIpc) is 2.79. The molecule has 0 N–H and O–H groups in total. The fourth-order valence-electron chi connectivity index (χ4n) is 3.07. The SMILES string of the molecule is C[C@H]1CN(Cc2cn(C)c(=O)n(C)c2=O)c2ccccc21. The molecule has 2 aromatic rings. The molecule has 110 valence electrons. The number of hydrogen-bond acceptors (Lipinski definition) is 3. The Bertz CT molecular complexity index is 804. The van der Waals surface area contributed by atoms with Gasteiger partial charge in [0, 0.05) is 45.0 Å². The van der Waals surface area contributed by atoms with Crippen molar-refractivity contribution in [1.82, 2.24) is 9.13 Å². The van der Waals surface area contributed by atoms with E-state index in [0.717, 1.165) is 6.54 Å². The van der Waals surface area contributed by atoms with Crippen LogP contribution in [0.1, 0.15) is 24.0 Å². The van der Waals surface area contributed by atoms with Crippen LogP contribution in [0.4, 0.5) is 5.69 Å². The number of anilines is 1. The third-order valence-electron chi connectivity index (χ3n) is 4.18. The molecule has 0 amide bonds. The van der Waals surface area contributed by atoms with Gasteiger partial charge >= 0.3 is 5.69 Å². The van der Waals surface area contributed by atoms with Crippen LogP contribution in [0.15, 0.2) is 40.1 Å². The van der Waals surface area contributed by atoms with Crippen molar-refractivity contribution in [3.63, 3.8) is 0 Å². The van der Waals surface area contributed by atoms with Crippen LogP contribution in [-0.2, 0) is 20.6 Å².